The van der Waals surface area contributed by atoms with Crippen molar-refractivity contribution in [2.75, 3.05) is 19.0 Å². The maximum absolute atomic E-state index is 12.4. The number of pyridine rings is 1. The maximum atomic E-state index is 12.4. The molecule has 0 aliphatic rings. The van der Waals surface area contributed by atoms with Crippen molar-refractivity contribution < 1.29 is 5.11 Å². The number of rotatable bonds is 3. The number of hydrogen-bond donors (Lipinski definition) is 2. The van der Waals surface area contributed by atoms with E-state index < -0.39 is 0 Å². The Hall–Kier alpha value is -2.59. The van der Waals surface area contributed by atoms with E-state index in [1.807, 2.05) is 67.5 Å². The number of aromatic amines is 1. The van der Waals surface area contributed by atoms with Gasteiger partial charge in [0.05, 0.1) is 6.61 Å². The van der Waals surface area contributed by atoms with Crippen molar-refractivity contribution in [1.29, 1.82) is 0 Å². The zero-order valence-electron chi connectivity index (χ0n) is 12.6. The first kappa shape index (κ1) is 14.4. The second-order valence-electron chi connectivity index (χ2n) is 5.54. The van der Waals surface area contributed by atoms with Gasteiger partial charge in [-0.15, -0.1) is 0 Å². The topological polar surface area (TPSA) is 56.3 Å². The molecule has 0 atom stereocenters. The summed E-state index contributed by atoms with van der Waals surface area (Å²) in [7, 11) is 3.90. The monoisotopic (exact) mass is 294 g/mol. The van der Waals surface area contributed by atoms with E-state index in [1.165, 1.54) is 0 Å². The van der Waals surface area contributed by atoms with E-state index in [0.717, 1.165) is 27.9 Å². The number of aliphatic hydroxyl groups is 1. The van der Waals surface area contributed by atoms with Crippen molar-refractivity contribution in [2.24, 2.45) is 0 Å². The number of benzene rings is 2. The molecule has 0 aliphatic carbocycles. The molecule has 0 fully saturated rings. The molecule has 4 heteroatoms. The second kappa shape index (κ2) is 5.66. The number of hydrogen-bond acceptors (Lipinski definition) is 3. The van der Waals surface area contributed by atoms with Gasteiger partial charge in [0.25, 0.3) is 5.56 Å². The molecule has 3 aromatic rings. The number of aromatic nitrogens is 1. The van der Waals surface area contributed by atoms with Crippen molar-refractivity contribution in [1.82, 2.24) is 4.98 Å². The largest absolute Gasteiger partial charge is 0.392 e. The van der Waals surface area contributed by atoms with Gasteiger partial charge in [-0.2, -0.15) is 0 Å². The summed E-state index contributed by atoms with van der Waals surface area (Å²) in [5.74, 6) is 0. The van der Waals surface area contributed by atoms with E-state index >= 15 is 0 Å². The first-order valence-corrected chi connectivity index (χ1v) is 7.13. The highest BCUT2D eigenvalue weighted by Crippen LogP contribution is 2.23. The molecule has 112 valence electrons. The van der Waals surface area contributed by atoms with Crippen LogP contribution in [0.25, 0.3) is 22.0 Å². The lowest BCUT2D eigenvalue weighted by atomic mass is 10.0. The van der Waals surface area contributed by atoms with Crippen molar-refractivity contribution in [2.45, 2.75) is 6.61 Å². The van der Waals surface area contributed by atoms with Gasteiger partial charge >= 0.3 is 0 Å². The number of nitrogens with one attached hydrogen (secondary N) is 1. The zero-order valence-corrected chi connectivity index (χ0v) is 12.6. The van der Waals surface area contributed by atoms with Gasteiger partial charge in [-0.1, -0.05) is 24.3 Å². The van der Waals surface area contributed by atoms with Crippen molar-refractivity contribution >= 4 is 16.5 Å². The van der Waals surface area contributed by atoms with Crippen molar-refractivity contribution in [3.05, 3.63) is 64.4 Å². The molecule has 0 saturated carbocycles. The Morgan fingerprint density at radius 3 is 2.64 bits per heavy atom. The van der Waals surface area contributed by atoms with E-state index in [0.29, 0.717) is 5.39 Å². The van der Waals surface area contributed by atoms with Gasteiger partial charge in [-0.05, 0) is 40.8 Å². The highest BCUT2D eigenvalue weighted by Gasteiger charge is 2.06. The molecule has 4 nitrogen and oxygen atoms in total. The van der Waals surface area contributed by atoms with Crippen LogP contribution < -0.4 is 10.5 Å². The summed E-state index contributed by atoms with van der Waals surface area (Å²) in [4.78, 5) is 17.3. The molecule has 0 radical (unpaired) electrons. The van der Waals surface area contributed by atoms with Crippen LogP contribution in [0.1, 0.15) is 5.56 Å². The zero-order chi connectivity index (χ0) is 15.7. The number of H-pyrrole nitrogens is 1. The molecule has 2 aromatic carbocycles. The Labute approximate surface area is 128 Å². The van der Waals surface area contributed by atoms with Crippen LogP contribution >= 0.6 is 0 Å². The number of fused-ring (bicyclic) bond motifs is 1. The summed E-state index contributed by atoms with van der Waals surface area (Å²) < 4.78 is 0. The average Bonchev–Trinajstić information content (AvgIpc) is 2.54. The third kappa shape index (κ3) is 2.61. The van der Waals surface area contributed by atoms with Crippen LogP contribution in [-0.4, -0.2) is 24.2 Å². The van der Waals surface area contributed by atoms with Crippen LogP contribution in [-0.2, 0) is 6.61 Å². The fraction of sp³-hybridized carbons (Fsp3) is 0.167. The molecule has 3 rings (SSSR count). The number of nitrogens with zero attached hydrogens (tertiary/aromatic N) is 1. The molecule has 0 bridgehead atoms. The standard InChI is InChI=1S/C18H18N2O2/c1-20(2)15-7-6-13-9-17(19-18(22)16(13)10-15)14-5-3-4-12(8-14)11-21/h3-10,21H,11H2,1-2H3,(H,19,22). The van der Waals surface area contributed by atoms with E-state index in [9.17, 15) is 9.90 Å². The lowest BCUT2D eigenvalue weighted by molar-refractivity contribution is 0.282. The molecule has 1 aromatic heterocycles. The van der Waals surface area contributed by atoms with E-state index in [2.05, 4.69) is 4.98 Å². The number of aliphatic hydroxyl groups excluding tert-OH is 1. The molecule has 22 heavy (non-hydrogen) atoms. The van der Waals surface area contributed by atoms with Crippen molar-refractivity contribution in [3.8, 4) is 11.3 Å². The highest BCUT2D eigenvalue weighted by atomic mass is 16.3. The smallest absolute Gasteiger partial charge is 0.256 e. The summed E-state index contributed by atoms with van der Waals surface area (Å²) in [6.07, 6.45) is 0. The first-order valence-electron chi connectivity index (χ1n) is 7.13. The Balaban J connectivity index is 2.17. The van der Waals surface area contributed by atoms with Crippen LogP contribution in [0.5, 0.6) is 0 Å². The lowest BCUT2D eigenvalue weighted by Crippen LogP contribution is -2.11. The van der Waals surface area contributed by atoms with E-state index in [-0.39, 0.29) is 12.2 Å². The summed E-state index contributed by atoms with van der Waals surface area (Å²) >= 11 is 0. The Bertz CT molecular complexity index is 882. The van der Waals surface area contributed by atoms with Crippen LogP contribution in [0.15, 0.2) is 53.3 Å². The summed E-state index contributed by atoms with van der Waals surface area (Å²) in [6, 6.07) is 15.3. The SMILES string of the molecule is CN(C)c1ccc2cc(-c3cccc(CO)c3)[nH]c(=O)c2c1. The normalized spacial score (nSPS) is 10.9. The molecule has 1 heterocycles. The predicted molar refractivity (Wildman–Crippen MR) is 90.3 cm³/mol. The molecule has 0 spiro atoms. The lowest BCUT2D eigenvalue weighted by Gasteiger charge is -2.13. The predicted octanol–water partition coefficient (Wildman–Crippen LogP) is 2.75. The van der Waals surface area contributed by atoms with Crippen LogP contribution in [0.2, 0.25) is 0 Å². The molecule has 0 saturated heterocycles. The fourth-order valence-electron chi connectivity index (χ4n) is 2.52. The molecule has 0 unspecified atom stereocenters. The molecular weight excluding hydrogens is 276 g/mol. The molecular formula is C18H18N2O2. The van der Waals surface area contributed by atoms with E-state index in [1.54, 1.807) is 0 Å². The fourth-order valence-corrected chi connectivity index (χ4v) is 2.52. The quantitative estimate of drug-likeness (QED) is 0.781. The Morgan fingerprint density at radius 2 is 1.91 bits per heavy atom. The summed E-state index contributed by atoms with van der Waals surface area (Å²) in [5, 5.41) is 10.8. The Morgan fingerprint density at radius 1 is 1.09 bits per heavy atom. The molecule has 0 aliphatic heterocycles. The van der Waals surface area contributed by atoms with Gasteiger partial charge in [-0.3, -0.25) is 4.79 Å². The van der Waals surface area contributed by atoms with Gasteiger partial charge in [0.2, 0.25) is 0 Å². The molecule has 2 N–H and O–H groups in total. The minimum Gasteiger partial charge on any atom is -0.392 e. The van der Waals surface area contributed by atoms with Gasteiger partial charge in [0.1, 0.15) is 0 Å². The minimum absolute atomic E-state index is 0.0160. The first-order chi connectivity index (χ1) is 10.6. The molecule has 0 amide bonds. The van der Waals surface area contributed by atoms with Gasteiger partial charge < -0.3 is 15.0 Å². The van der Waals surface area contributed by atoms with Crippen LogP contribution in [0.3, 0.4) is 0 Å². The van der Waals surface area contributed by atoms with Gasteiger partial charge in [0, 0.05) is 30.9 Å². The third-order valence-electron chi connectivity index (χ3n) is 3.77. The van der Waals surface area contributed by atoms with Gasteiger partial charge in [-0.25, -0.2) is 0 Å². The number of anilines is 1. The third-order valence-corrected chi connectivity index (χ3v) is 3.77. The summed E-state index contributed by atoms with van der Waals surface area (Å²) in [5.41, 5.74) is 3.35. The second-order valence-corrected chi connectivity index (χ2v) is 5.54. The maximum Gasteiger partial charge on any atom is 0.256 e. The summed E-state index contributed by atoms with van der Waals surface area (Å²) in [6.45, 7) is -0.0160. The Kier molecular flexibility index (Phi) is 3.69. The van der Waals surface area contributed by atoms with Crippen LogP contribution in [0.4, 0.5) is 5.69 Å². The van der Waals surface area contributed by atoms with E-state index in [4.69, 9.17) is 0 Å². The average molecular weight is 294 g/mol. The minimum atomic E-state index is -0.106. The van der Waals surface area contributed by atoms with Gasteiger partial charge in [0.15, 0.2) is 0 Å². The highest BCUT2D eigenvalue weighted by molar-refractivity contribution is 5.87. The van der Waals surface area contributed by atoms with Crippen LogP contribution in [0, 0.1) is 0 Å². The van der Waals surface area contributed by atoms with Crippen molar-refractivity contribution in [3.63, 3.8) is 0 Å².